The van der Waals surface area contributed by atoms with Gasteiger partial charge in [-0.2, -0.15) is 0 Å². The van der Waals surface area contributed by atoms with Crippen molar-refractivity contribution in [2.24, 2.45) is 5.92 Å². The van der Waals surface area contributed by atoms with Gasteiger partial charge in [-0.15, -0.1) is 11.8 Å². The zero-order valence-corrected chi connectivity index (χ0v) is 18.4. The van der Waals surface area contributed by atoms with Gasteiger partial charge in [0.25, 0.3) is 5.91 Å². The van der Waals surface area contributed by atoms with E-state index in [1.54, 1.807) is 23.5 Å². The van der Waals surface area contributed by atoms with Gasteiger partial charge >= 0.3 is 0 Å². The van der Waals surface area contributed by atoms with Gasteiger partial charge in [0.15, 0.2) is 0 Å². The maximum atomic E-state index is 13.0. The predicted octanol–water partition coefficient (Wildman–Crippen LogP) is 6.86. The lowest BCUT2D eigenvalue weighted by molar-refractivity contribution is -0.114. The van der Waals surface area contributed by atoms with E-state index in [9.17, 15) is 4.79 Å². The molecular formula is C22H31NOS2. The molecule has 0 spiro atoms. The Bertz CT molecular complexity index is 672. The van der Waals surface area contributed by atoms with E-state index in [0.29, 0.717) is 5.92 Å². The third kappa shape index (κ3) is 6.73. The number of hydrogen-bond acceptors (Lipinski definition) is 3. The molecule has 0 saturated heterocycles. The highest BCUT2D eigenvalue weighted by Crippen LogP contribution is 2.27. The van der Waals surface area contributed by atoms with Crippen LogP contribution < -0.4 is 5.32 Å². The van der Waals surface area contributed by atoms with E-state index in [1.165, 1.54) is 10.5 Å². The van der Waals surface area contributed by atoms with Gasteiger partial charge in [0, 0.05) is 10.5 Å². The van der Waals surface area contributed by atoms with Crippen molar-refractivity contribution in [3.05, 3.63) is 58.0 Å². The molecule has 142 valence electrons. The van der Waals surface area contributed by atoms with Crippen molar-refractivity contribution in [3.8, 4) is 0 Å². The molecule has 0 fully saturated rings. The molecule has 4 heteroatoms. The van der Waals surface area contributed by atoms with Crippen molar-refractivity contribution in [2.75, 3.05) is 6.26 Å². The number of rotatable bonds is 9. The normalized spacial score (nSPS) is 14.3. The van der Waals surface area contributed by atoms with Crippen LogP contribution in [0.15, 0.2) is 57.3 Å². The van der Waals surface area contributed by atoms with Crippen molar-refractivity contribution < 1.29 is 4.79 Å². The lowest BCUT2D eigenvalue weighted by atomic mass is 10.0. The van der Waals surface area contributed by atoms with Crippen LogP contribution >= 0.6 is 23.5 Å². The Morgan fingerprint density at radius 2 is 1.88 bits per heavy atom. The van der Waals surface area contributed by atoms with Gasteiger partial charge in [0.1, 0.15) is 0 Å². The molecule has 0 saturated carbocycles. The molecule has 0 radical (unpaired) electrons. The monoisotopic (exact) mass is 389 g/mol. The first kappa shape index (κ1) is 22.7. The van der Waals surface area contributed by atoms with E-state index < -0.39 is 0 Å². The van der Waals surface area contributed by atoms with E-state index >= 15 is 0 Å². The van der Waals surface area contributed by atoms with Crippen molar-refractivity contribution in [1.29, 1.82) is 0 Å². The summed E-state index contributed by atoms with van der Waals surface area (Å²) in [6.07, 6.45) is 7.91. The smallest absolute Gasteiger partial charge is 0.256 e. The Morgan fingerprint density at radius 3 is 2.38 bits per heavy atom. The summed E-state index contributed by atoms with van der Waals surface area (Å²) in [5.74, 6) is 0.390. The van der Waals surface area contributed by atoms with Gasteiger partial charge in [-0.1, -0.05) is 56.8 Å². The molecule has 0 aromatic heterocycles. The van der Waals surface area contributed by atoms with Crippen LogP contribution in [0.2, 0.25) is 0 Å². The zero-order chi connectivity index (χ0) is 19.5. The summed E-state index contributed by atoms with van der Waals surface area (Å²) in [4.78, 5) is 14.2. The number of amides is 1. The summed E-state index contributed by atoms with van der Waals surface area (Å²) >= 11 is 3.28. The molecule has 0 bridgehead atoms. The quantitative estimate of drug-likeness (QED) is 0.369. The molecule has 0 aliphatic carbocycles. The summed E-state index contributed by atoms with van der Waals surface area (Å²) < 4.78 is 0. The topological polar surface area (TPSA) is 29.1 Å². The molecule has 1 amide bonds. The third-order valence-corrected chi connectivity index (χ3v) is 6.12. The van der Waals surface area contributed by atoms with Crippen LogP contribution in [0.25, 0.3) is 5.57 Å². The highest BCUT2D eigenvalue weighted by Gasteiger charge is 2.16. The number of nitrogens with one attached hydrogen (secondary N) is 1. The lowest BCUT2D eigenvalue weighted by Gasteiger charge is -2.17. The van der Waals surface area contributed by atoms with Crippen molar-refractivity contribution in [2.45, 2.75) is 52.4 Å². The maximum Gasteiger partial charge on any atom is 0.256 e. The summed E-state index contributed by atoms with van der Waals surface area (Å²) in [5.41, 5.74) is 2.91. The van der Waals surface area contributed by atoms with Crippen LogP contribution in [0, 0.1) is 5.92 Å². The van der Waals surface area contributed by atoms with Crippen molar-refractivity contribution in [3.63, 3.8) is 0 Å². The molecule has 0 aliphatic rings. The molecule has 1 unspecified atom stereocenters. The van der Waals surface area contributed by atoms with Gasteiger partial charge < -0.3 is 5.32 Å². The van der Waals surface area contributed by atoms with Crippen LogP contribution in [-0.4, -0.2) is 12.2 Å². The fraction of sp³-hybridized carbons (Fsp3) is 0.409. The van der Waals surface area contributed by atoms with Crippen molar-refractivity contribution >= 4 is 35.0 Å². The van der Waals surface area contributed by atoms with E-state index in [0.717, 1.165) is 29.0 Å². The SMILES string of the molecule is C/C=C\S/C(NC(=O)/C(=C/CC)c1ccc(SC)cc1)=C(\C)C(C)CC. The van der Waals surface area contributed by atoms with E-state index in [4.69, 9.17) is 0 Å². The third-order valence-electron chi connectivity index (χ3n) is 4.31. The Balaban J connectivity index is 3.14. The minimum absolute atomic E-state index is 0.0431. The molecular weight excluding hydrogens is 358 g/mol. The van der Waals surface area contributed by atoms with Gasteiger partial charge in [-0.3, -0.25) is 4.79 Å². The molecule has 2 nitrogen and oxygen atoms in total. The first-order valence-electron chi connectivity index (χ1n) is 9.12. The lowest BCUT2D eigenvalue weighted by Crippen LogP contribution is -2.24. The Morgan fingerprint density at radius 1 is 1.23 bits per heavy atom. The largest absolute Gasteiger partial charge is 0.316 e. The fourth-order valence-corrected chi connectivity index (χ4v) is 3.59. The van der Waals surface area contributed by atoms with Crippen molar-refractivity contribution in [1.82, 2.24) is 5.32 Å². The summed E-state index contributed by atoms with van der Waals surface area (Å²) in [6, 6.07) is 8.17. The first-order chi connectivity index (χ1) is 12.5. The Hall–Kier alpha value is -1.39. The number of carbonyl (C=O) groups is 1. The molecule has 0 heterocycles. The van der Waals surface area contributed by atoms with Crippen LogP contribution in [0.5, 0.6) is 0 Å². The number of thioether (sulfide) groups is 2. The second-order valence-corrected chi connectivity index (χ2v) is 7.91. The fourth-order valence-electron chi connectivity index (χ4n) is 2.37. The van der Waals surface area contributed by atoms with Gasteiger partial charge in [-0.05, 0) is 67.5 Å². The molecule has 1 aromatic carbocycles. The molecule has 1 N–H and O–H groups in total. The van der Waals surface area contributed by atoms with Gasteiger partial charge in [-0.25, -0.2) is 0 Å². The molecule has 1 atom stereocenters. The number of benzene rings is 1. The number of hydrogen-bond donors (Lipinski definition) is 1. The van der Waals surface area contributed by atoms with Crippen LogP contribution in [0.3, 0.4) is 0 Å². The Labute approximate surface area is 167 Å². The zero-order valence-electron chi connectivity index (χ0n) is 16.8. The minimum atomic E-state index is -0.0431. The average molecular weight is 390 g/mol. The molecule has 26 heavy (non-hydrogen) atoms. The molecule has 1 aromatic rings. The standard InChI is InChI=1S/C22H31NOS2/c1-7-10-20(18-11-13-19(25-6)14-12-18)21(24)23-22(26-15-8-2)17(5)16(4)9-3/h8,10-16H,7,9H2,1-6H3,(H,23,24)/b15-8-,20-10+,22-17+. The van der Waals surface area contributed by atoms with Gasteiger partial charge in [0.2, 0.25) is 0 Å². The van der Waals surface area contributed by atoms with E-state index in [-0.39, 0.29) is 5.91 Å². The summed E-state index contributed by atoms with van der Waals surface area (Å²) in [6.45, 7) is 10.5. The Kier molecular flexibility index (Phi) is 10.5. The maximum absolute atomic E-state index is 13.0. The van der Waals surface area contributed by atoms with E-state index in [2.05, 4.69) is 51.4 Å². The molecule has 0 aliphatic heterocycles. The first-order valence-corrected chi connectivity index (χ1v) is 11.2. The highest BCUT2D eigenvalue weighted by molar-refractivity contribution is 8.05. The minimum Gasteiger partial charge on any atom is -0.316 e. The van der Waals surface area contributed by atoms with Crippen LogP contribution in [0.1, 0.15) is 53.0 Å². The second-order valence-electron chi connectivity index (χ2n) is 6.12. The summed E-state index contributed by atoms with van der Waals surface area (Å²) in [5, 5.41) is 6.10. The highest BCUT2D eigenvalue weighted by atomic mass is 32.2. The van der Waals surface area contributed by atoms with E-state index in [1.807, 2.05) is 36.6 Å². The van der Waals surface area contributed by atoms with Crippen LogP contribution in [-0.2, 0) is 4.79 Å². The second kappa shape index (κ2) is 12.1. The average Bonchev–Trinajstić information content (AvgIpc) is 2.67. The summed E-state index contributed by atoms with van der Waals surface area (Å²) in [7, 11) is 0. The molecule has 1 rings (SSSR count). The van der Waals surface area contributed by atoms with Crippen LogP contribution in [0.4, 0.5) is 0 Å². The predicted molar refractivity (Wildman–Crippen MR) is 119 cm³/mol. The number of allylic oxidation sites excluding steroid dienone is 3. The van der Waals surface area contributed by atoms with Gasteiger partial charge in [0.05, 0.1) is 5.03 Å². The number of carbonyl (C=O) groups excluding carboxylic acids is 1.